The molecule has 8 heteroatoms. The second kappa shape index (κ2) is 8.72. The van der Waals surface area contributed by atoms with Gasteiger partial charge in [0.25, 0.3) is 0 Å². The summed E-state index contributed by atoms with van der Waals surface area (Å²) >= 11 is 1.06. The fourth-order valence-corrected chi connectivity index (χ4v) is 2.76. The van der Waals surface area contributed by atoms with Crippen molar-refractivity contribution in [3.63, 3.8) is 0 Å². The van der Waals surface area contributed by atoms with Gasteiger partial charge in [-0.1, -0.05) is 0 Å². The van der Waals surface area contributed by atoms with Crippen molar-refractivity contribution in [3.8, 4) is 11.5 Å². The number of ether oxygens (including phenoxy) is 2. The normalized spacial score (nSPS) is 10.7. The number of aldehydes is 1. The highest BCUT2D eigenvalue weighted by Crippen LogP contribution is 2.34. The largest absolute Gasteiger partial charge is 0.462 e. The van der Waals surface area contributed by atoms with E-state index in [-0.39, 0.29) is 17.9 Å². The van der Waals surface area contributed by atoms with Gasteiger partial charge in [0.1, 0.15) is 17.1 Å². The van der Waals surface area contributed by atoms with Crippen molar-refractivity contribution in [2.24, 2.45) is 0 Å². The molecular formula is C19H16O7S. The third-order valence-corrected chi connectivity index (χ3v) is 4.16. The molecule has 0 spiro atoms. The van der Waals surface area contributed by atoms with Crippen LogP contribution >= 0.6 is 12.0 Å². The van der Waals surface area contributed by atoms with Gasteiger partial charge in [0.05, 0.1) is 36.7 Å². The molecule has 0 saturated carbocycles. The fraction of sp³-hybridized carbons (Fsp3) is 0.158. The minimum atomic E-state index is -0.503. The number of rotatable bonds is 8. The van der Waals surface area contributed by atoms with Crippen LogP contribution in [-0.4, -0.2) is 26.0 Å². The Balaban J connectivity index is 1.94. The number of fused-ring (bicyclic) bond motifs is 1. The highest BCUT2D eigenvalue weighted by Gasteiger charge is 2.16. The topological polar surface area (TPSA) is 84.2 Å². The molecule has 0 fully saturated rings. The van der Waals surface area contributed by atoms with Crippen molar-refractivity contribution in [1.82, 2.24) is 0 Å². The highest BCUT2D eigenvalue weighted by atomic mass is 32.2. The Morgan fingerprint density at radius 2 is 1.96 bits per heavy atom. The number of benzene rings is 2. The maximum absolute atomic E-state index is 12.1. The molecule has 1 aromatic heterocycles. The van der Waals surface area contributed by atoms with Crippen LogP contribution in [0, 0.1) is 0 Å². The van der Waals surface area contributed by atoms with E-state index in [2.05, 4.69) is 4.89 Å². The predicted molar refractivity (Wildman–Crippen MR) is 98.0 cm³/mol. The Hall–Kier alpha value is -2.81. The van der Waals surface area contributed by atoms with E-state index < -0.39 is 5.97 Å². The van der Waals surface area contributed by atoms with Crippen LogP contribution in [0.1, 0.15) is 27.8 Å². The van der Waals surface area contributed by atoms with Gasteiger partial charge in [-0.2, -0.15) is 4.33 Å². The van der Waals surface area contributed by atoms with E-state index in [0.717, 1.165) is 16.9 Å². The number of carbonyl (C=O) groups is 2. The molecule has 0 aliphatic rings. The van der Waals surface area contributed by atoms with Gasteiger partial charge in [0.2, 0.25) is 0 Å². The van der Waals surface area contributed by atoms with Gasteiger partial charge in [-0.3, -0.25) is 4.79 Å². The quantitative estimate of drug-likeness (QED) is 0.179. The van der Waals surface area contributed by atoms with Gasteiger partial charge < -0.3 is 13.9 Å². The summed E-state index contributed by atoms with van der Waals surface area (Å²) in [5, 5.41) is 0.575. The minimum absolute atomic E-state index is 0.138. The molecule has 2 aromatic carbocycles. The first-order valence-corrected chi connectivity index (χ1v) is 8.74. The Morgan fingerprint density at radius 1 is 1.19 bits per heavy atom. The summed E-state index contributed by atoms with van der Waals surface area (Å²) < 4.78 is 21.2. The summed E-state index contributed by atoms with van der Waals surface area (Å²) in [6.45, 7) is 1.96. The Kier molecular flexibility index (Phi) is 6.12. The van der Waals surface area contributed by atoms with Gasteiger partial charge >= 0.3 is 5.97 Å². The molecule has 7 nitrogen and oxygen atoms in total. The van der Waals surface area contributed by atoms with Crippen LogP contribution < -0.4 is 4.74 Å². The first-order chi connectivity index (χ1) is 13.1. The summed E-state index contributed by atoms with van der Waals surface area (Å²) in [6, 6.07) is 11.7. The lowest BCUT2D eigenvalue weighted by atomic mass is 10.1. The summed E-state index contributed by atoms with van der Waals surface area (Å²) in [5.41, 5.74) is 0.630. The van der Waals surface area contributed by atoms with Gasteiger partial charge in [0, 0.05) is 4.90 Å². The molecule has 0 bridgehead atoms. The summed E-state index contributed by atoms with van der Waals surface area (Å²) in [6.07, 6.45) is 0.593. The third-order valence-electron chi connectivity index (χ3n) is 3.50. The van der Waals surface area contributed by atoms with E-state index in [1.54, 1.807) is 43.3 Å². The predicted octanol–water partition coefficient (Wildman–Crippen LogP) is 4.80. The third kappa shape index (κ3) is 4.48. The molecule has 0 N–H and O–H groups in total. The highest BCUT2D eigenvalue weighted by molar-refractivity contribution is 7.94. The molecule has 3 aromatic rings. The SMILES string of the molecule is CCOC(=O)c1cc(Oc2ccc(SOOC)cc2)c2cc(C=O)oc2c1. The first-order valence-electron chi connectivity index (χ1n) is 7.99. The lowest BCUT2D eigenvalue weighted by Gasteiger charge is -2.09. The number of hydrogen-bond acceptors (Lipinski definition) is 8. The molecule has 0 unspecified atom stereocenters. The number of hydrogen-bond donors (Lipinski definition) is 0. The molecule has 0 radical (unpaired) electrons. The van der Waals surface area contributed by atoms with Crippen LogP contribution in [0.2, 0.25) is 0 Å². The molecule has 3 rings (SSSR count). The Bertz CT molecular complexity index is 947. The zero-order valence-electron chi connectivity index (χ0n) is 14.6. The Morgan fingerprint density at radius 3 is 2.63 bits per heavy atom. The van der Waals surface area contributed by atoms with E-state index in [1.807, 2.05) is 0 Å². The summed E-state index contributed by atoms with van der Waals surface area (Å²) in [7, 11) is 1.42. The molecule has 0 saturated heterocycles. The molecule has 0 atom stereocenters. The van der Waals surface area contributed by atoms with E-state index in [4.69, 9.17) is 18.2 Å². The monoisotopic (exact) mass is 388 g/mol. The lowest BCUT2D eigenvalue weighted by molar-refractivity contribution is -0.160. The molecule has 140 valence electrons. The summed E-state index contributed by atoms with van der Waals surface area (Å²) in [4.78, 5) is 28.5. The van der Waals surface area contributed by atoms with Gasteiger partial charge in [-0.05, 0) is 49.4 Å². The molecule has 0 amide bonds. The average Bonchev–Trinajstić information content (AvgIpc) is 3.11. The second-order valence-electron chi connectivity index (χ2n) is 5.26. The van der Waals surface area contributed by atoms with Crippen LogP contribution in [0.25, 0.3) is 11.0 Å². The van der Waals surface area contributed by atoms with Crippen LogP contribution in [0.15, 0.2) is 51.8 Å². The second-order valence-corrected chi connectivity index (χ2v) is 6.04. The van der Waals surface area contributed by atoms with Gasteiger partial charge in [0.15, 0.2) is 12.0 Å². The number of furan rings is 1. The first kappa shape index (κ1) is 19.0. The average molecular weight is 388 g/mol. The van der Waals surface area contributed by atoms with E-state index >= 15 is 0 Å². The van der Waals surface area contributed by atoms with Crippen molar-refractivity contribution in [2.45, 2.75) is 11.8 Å². The van der Waals surface area contributed by atoms with Crippen LogP contribution in [-0.2, 0) is 14.0 Å². The zero-order valence-corrected chi connectivity index (χ0v) is 15.4. The van der Waals surface area contributed by atoms with Gasteiger partial charge in [-0.15, -0.1) is 0 Å². The minimum Gasteiger partial charge on any atom is -0.462 e. The maximum Gasteiger partial charge on any atom is 0.338 e. The summed E-state index contributed by atoms with van der Waals surface area (Å²) in [5.74, 6) is 0.546. The molecular weight excluding hydrogens is 372 g/mol. The van der Waals surface area contributed by atoms with Crippen molar-refractivity contribution in [3.05, 3.63) is 53.8 Å². The fourth-order valence-electron chi connectivity index (χ4n) is 2.36. The van der Waals surface area contributed by atoms with E-state index in [0.29, 0.717) is 28.8 Å². The Labute approximate surface area is 159 Å². The van der Waals surface area contributed by atoms with Gasteiger partial charge in [-0.25, -0.2) is 9.68 Å². The standard InChI is InChI=1S/C19H16O7S/c1-3-23-19(21)12-8-17(16-10-14(11-20)25-18(16)9-12)24-13-4-6-15(7-5-13)27-26-22-2/h4-11H,3H2,1-2H3. The smallest absolute Gasteiger partial charge is 0.338 e. The van der Waals surface area contributed by atoms with Crippen molar-refractivity contribution < 1.29 is 32.7 Å². The van der Waals surface area contributed by atoms with E-state index in [9.17, 15) is 9.59 Å². The maximum atomic E-state index is 12.1. The lowest BCUT2D eigenvalue weighted by Crippen LogP contribution is -2.04. The van der Waals surface area contributed by atoms with Crippen molar-refractivity contribution >= 4 is 35.3 Å². The molecule has 1 heterocycles. The van der Waals surface area contributed by atoms with E-state index in [1.165, 1.54) is 13.2 Å². The number of esters is 1. The van der Waals surface area contributed by atoms with Crippen molar-refractivity contribution in [2.75, 3.05) is 13.7 Å². The molecule has 0 aliphatic heterocycles. The molecule has 0 aliphatic carbocycles. The molecule has 27 heavy (non-hydrogen) atoms. The number of carbonyl (C=O) groups excluding carboxylic acids is 2. The van der Waals surface area contributed by atoms with Crippen LogP contribution in [0.4, 0.5) is 0 Å². The van der Waals surface area contributed by atoms with Crippen molar-refractivity contribution in [1.29, 1.82) is 0 Å². The van der Waals surface area contributed by atoms with Crippen LogP contribution in [0.3, 0.4) is 0 Å². The van der Waals surface area contributed by atoms with Crippen LogP contribution in [0.5, 0.6) is 11.5 Å². The zero-order chi connectivity index (χ0) is 19.2.